The van der Waals surface area contributed by atoms with Crippen LogP contribution in [0.2, 0.25) is 0 Å². The molecule has 3 rings (SSSR count). The topological polar surface area (TPSA) is 55.4 Å². The molecule has 0 bridgehead atoms. The van der Waals surface area contributed by atoms with Crippen LogP contribution < -0.4 is 5.32 Å². The Balaban J connectivity index is 1.67. The van der Waals surface area contributed by atoms with Crippen LogP contribution in [0.4, 0.5) is 32.0 Å². The van der Waals surface area contributed by atoms with E-state index in [1.807, 2.05) is 5.32 Å². The number of esters is 1. The maximum Gasteiger partial charge on any atom is 0.416 e. The van der Waals surface area contributed by atoms with Crippen LogP contribution in [0.1, 0.15) is 44.1 Å². The third-order valence-corrected chi connectivity index (χ3v) is 5.62. The van der Waals surface area contributed by atoms with Gasteiger partial charge in [0.15, 0.2) is 6.61 Å². The Bertz CT molecular complexity index is 908. The zero-order valence-electron chi connectivity index (χ0n) is 15.2. The summed E-state index contributed by atoms with van der Waals surface area (Å²) in [5, 5.41) is 1.91. The molecule has 4 nitrogen and oxygen atoms in total. The monoisotopic (exact) mass is 451 g/mol. The highest BCUT2D eigenvalue weighted by Gasteiger charge is 2.37. The minimum absolute atomic E-state index is 0.0474. The van der Waals surface area contributed by atoms with E-state index in [1.54, 1.807) is 6.07 Å². The Kier molecular flexibility index (Phi) is 6.11. The second-order valence-electron chi connectivity index (χ2n) is 6.69. The average molecular weight is 451 g/mol. The summed E-state index contributed by atoms with van der Waals surface area (Å²) in [5.74, 6) is -1.83. The normalized spacial score (nSPS) is 14.2. The number of rotatable bonds is 4. The fraction of sp³-hybridized carbons (Fsp3) is 0.368. The Hall–Kier alpha value is -2.56. The van der Waals surface area contributed by atoms with Crippen molar-refractivity contribution in [3.05, 3.63) is 50.7 Å². The molecule has 30 heavy (non-hydrogen) atoms. The molecule has 0 fully saturated rings. The Morgan fingerprint density at radius 3 is 2.10 bits per heavy atom. The summed E-state index contributed by atoms with van der Waals surface area (Å²) in [6.07, 6.45) is -6.35. The first kappa shape index (κ1) is 22.1. The fourth-order valence-electron chi connectivity index (χ4n) is 3.02. The van der Waals surface area contributed by atoms with Gasteiger partial charge in [-0.3, -0.25) is 4.79 Å². The van der Waals surface area contributed by atoms with Crippen molar-refractivity contribution >= 4 is 28.9 Å². The molecule has 0 saturated carbocycles. The number of fused-ring (bicyclic) bond motifs is 1. The molecule has 0 spiro atoms. The van der Waals surface area contributed by atoms with Gasteiger partial charge in [-0.25, -0.2) is 4.79 Å². The minimum Gasteiger partial charge on any atom is -0.451 e. The van der Waals surface area contributed by atoms with Crippen LogP contribution in [0.15, 0.2) is 24.3 Å². The lowest BCUT2D eigenvalue weighted by molar-refractivity contribution is -0.143. The Morgan fingerprint density at radius 1 is 0.933 bits per heavy atom. The van der Waals surface area contributed by atoms with Gasteiger partial charge in [-0.15, -0.1) is 11.3 Å². The van der Waals surface area contributed by atoms with E-state index in [0.717, 1.165) is 36.1 Å². The molecule has 2 aromatic rings. The van der Waals surface area contributed by atoms with Gasteiger partial charge in [0.1, 0.15) is 4.88 Å². The molecule has 1 aromatic heterocycles. The van der Waals surface area contributed by atoms with Crippen molar-refractivity contribution in [1.29, 1.82) is 0 Å². The zero-order chi connectivity index (χ0) is 22.1. The molecule has 0 radical (unpaired) electrons. The van der Waals surface area contributed by atoms with Crippen molar-refractivity contribution in [1.82, 2.24) is 0 Å². The molecule has 1 aromatic carbocycles. The lowest BCUT2D eigenvalue weighted by atomic mass is 9.99. The number of alkyl halides is 6. The van der Waals surface area contributed by atoms with Gasteiger partial charge in [0, 0.05) is 10.6 Å². The fourth-order valence-corrected chi connectivity index (χ4v) is 4.17. The average Bonchev–Trinajstić information content (AvgIpc) is 3.09. The third-order valence-electron chi connectivity index (χ3n) is 4.40. The maximum absolute atomic E-state index is 12.9. The number of benzene rings is 1. The SMILES string of the molecule is O=C(COC(=O)c1cc2c(s1)CCCC2)Nc1cc(C(F)(F)F)cc(C(F)(F)F)c1. The van der Waals surface area contributed by atoms with Crippen molar-refractivity contribution < 1.29 is 40.7 Å². The number of halogens is 6. The smallest absolute Gasteiger partial charge is 0.416 e. The van der Waals surface area contributed by atoms with Crippen molar-refractivity contribution in [2.45, 2.75) is 38.0 Å². The first-order chi connectivity index (χ1) is 13.9. The molecule has 11 heteroatoms. The lowest BCUT2D eigenvalue weighted by Gasteiger charge is -2.14. The third kappa shape index (κ3) is 5.32. The number of carbonyl (C=O) groups is 2. The summed E-state index contributed by atoms with van der Waals surface area (Å²) < 4.78 is 82.0. The van der Waals surface area contributed by atoms with Crippen LogP contribution in [-0.2, 0) is 34.7 Å². The Labute approximate surface area is 170 Å². The van der Waals surface area contributed by atoms with Gasteiger partial charge in [-0.05, 0) is 55.5 Å². The highest BCUT2D eigenvalue weighted by atomic mass is 32.1. The van der Waals surface area contributed by atoms with Crippen LogP contribution in [0.3, 0.4) is 0 Å². The number of anilines is 1. The molecule has 1 aliphatic carbocycles. The quantitative estimate of drug-likeness (QED) is 0.496. The Morgan fingerprint density at radius 2 is 1.53 bits per heavy atom. The number of amides is 1. The minimum atomic E-state index is -5.04. The highest BCUT2D eigenvalue weighted by molar-refractivity contribution is 7.14. The predicted molar refractivity (Wildman–Crippen MR) is 96.3 cm³/mol. The lowest BCUT2D eigenvalue weighted by Crippen LogP contribution is -2.21. The molecule has 162 valence electrons. The molecule has 0 atom stereocenters. The van der Waals surface area contributed by atoms with Crippen molar-refractivity contribution in [2.24, 2.45) is 0 Å². The maximum atomic E-state index is 12.9. The molecular weight excluding hydrogens is 436 g/mol. The molecule has 0 aliphatic heterocycles. The van der Waals surface area contributed by atoms with E-state index < -0.39 is 47.7 Å². The molecule has 1 heterocycles. The van der Waals surface area contributed by atoms with E-state index in [4.69, 9.17) is 4.74 Å². The highest BCUT2D eigenvalue weighted by Crippen LogP contribution is 2.37. The second-order valence-corrected chi connectivity index (χ2v) is 7.82. The van der Waals surface area contributed by atoms with Crippen molar-refractivity contribution in [2.75, 3.05) is 11.9 Å². The molecular formula is C19H15F6NO3S. The van der Waals surface area contributed by atoms with Crippen molar-refractivity contribution in [3.8, 4) is 0 Å². The number of ether oxygens (including phenoxy) is 1. The van der Waals surface area contributed by atoms with Gasteiger partial charge in [-0.2, -0.15) is 26.3 Å². The first-order valence-electron chi connectivity index (χ1n) is 8.81. The van der Waals surface area contributed by atoms with Gasteiger partial charge in [0.25, 0.3) is 5.91 Å². The summed E-state index contributed by atoms with van der Waals surface area (Å²) in [4.78, 5) is 25.4. The van der Waals surface area contributed by atoms with E-state index in [9.17, 15) is 35.9 Å². The van der Waals surface area contributed by atoms with Crippen LogP contribution in [0.25, 0.3) is 0 Å². The van der Waals surface area contributed by atoms with E-state index in [0.29, 0.717) is 17.0 Å². The summed E-state index contributed by atoms with van der Waals surface area (Å²) in [7, 11) is 0. The largest absolute Gasteiger partial charge is 0.451 e. The van der Waals surface area contributed by atoms with Crippen LogP contribution in [0, 0.1) is 0 Å². The summed E-state index contributed by atoms with van der Waals surface area (Å²) in [6, 6.07) is 2.39. The van der Waals surface area contributed by atoms with Gasteiger partial charge >= 0.3 is 18.3 Å². The predicted octanol–water partition coefficient (Wildman–Crippen LogP) is 5.46. The van der Waals surface area contributed by atoms with Gasteiger partial charge in [-0.1, -0.05) is 0 Å². The van der Waals surface area contributed by atoms with Crippen LogP contribution >= 0.6 is 11.3 Å². The number of thiophene rings is 1. The van der Waals surface area contributed by atoms with Crippen LogP contribution in [-0.4, -0.2) is 18.5 Å². The molecule has 0 unspecified atom stereocenters. The second kappa shape index (κ2) is 8.29. The van der Waals surface area contributed by atoms with Crippen molar-refractivity contribution in [3.63, 3.8) is 0 Å². The van der Waals surface area contributed by atoms with E-state index in [-0.39, 0.29) is 6.07 Å². The molecule has 1 N–H and O–H groups in total. The summed E-state index contributed by atoms with van der Waals surface area (Å²) in [5.41, 5.74) is -2.78. The summed E-state index contributed by atoms with van der Waals surface area (Å²) in [6.45, 7) is -0.848. The standard InChI is InChI=1S/C19H15F6NO3S/c20-18(21,22)11-6-12(19(23,24)25)8-13(7-11)26-16(27)9-29-17(28)15-5-10-3-1-2-4-14(10)30-15/h5-8H,1-4,9H2,(H,26,27). The zero-order valence-corrected chi connectivity index (χ0v) is 16.1. The number of nitrogens with one attached hydrogen (secondary N) is 1. The molecule has 0 saturated heterocycles. The number of carbonyl (C=O) groups excluding carboxylic acids is 2. The summed E-state index contributed by atoms with van der Waals surface area (Å²) >= 11 is 1.25. The van der Waals surface area contributed by atoms with Crippen LogP contribution in [0.5, 0.6) is 0 Å². The first-order valence-corrected chi connectivity index (χ1v) is 9.63. The van der Waals surface area contributed by atoms with Gasteiger partial charge in [0.05, 0.1) is 11.1 Å². The number of hydrogen-bond acceptors (Lipinski definition) is 4. The van der Waals surface area contributed by atoms with E-state index in [2.05, 4.69) is 0 Å². The number of aryl methyl sites for hydroxylation is 2. The van der Waals surface area contributed by atoms with Gasteiger partial charge in [0.2, 0.25) is 0 Å². The van der Waals surface area contributed by atoms with E-state index in [1.165, 1.54) is 11.3 Å². The van der Waals surface area contributed by atoms with E-state index >= 15 is 0 Å². The number of hydrogen-bond donors (Lipinski definition) is 1. The molecule has 1 aliphatic rings. The van der Waals surface area contributed by atoms with Gasteiger partial charge < -0.3 is 10.1 Å². The molecule has 1 amide bonds.